The SMILES string of the molecule is COCCCC(N)c1ccncc1C. The van der Waals surface area contributed by atoms with Gasteiger partial charge in [0.25, 0.3) is 0 Å². The van der Waals surface area contributed by atoms with Gasteiger partial charge in [0.15, 0.2) is 0 Å². The molecule has 1 aromatic rings. The van der Waals surface area contributed by atoms with Crippen LogP contribution in [-0.2, 0) is 4.74 Å². The molecule has 0 bridgehead atoms. The molecule has 0 saturated heterocycles. The molecule has 1 aromatic heterocycles. The van der Waals surface area contributed by atoms with E-state index in [2.05, 4.69) is 4.98 Å². The van der Waals surface area contributed by atoms with Gasteiger partial charge in [-0.05, 0) is 37.0 Å². The Hall–Kier alpha value is -0.930. The Bertz CT molecular complexity index is 276. The minimum Gasteiger partial charge on any atom is -0.385 e. The van der Waals surface area contributed by atoms with Crippen LogP contribution in [0, 0.1) is 6.92 Å². The fraction of sp³-hybridized carbons (Fsp3) is 0.545. The summed E-state index contributed by atoms with van der Waals surface area (Å²) in [6, 6.07) is 2.10. The van der Waals surface area contributed by atoms with Crippen molar-refractivity contribution >= 4 is 0 Å². The third-order valence-corrected chi connectivity index (χ3v) is 2.33. The van der Waals surface area contributed by atoms with Crippen molar-refractivity contribution in [2.75, 3.05) is 13.7 Å². The second kappa shape index (κ2) is 5.73. The molecule has 1 atom stereocenters. The summed E-state index contributed by atoms with van der Waals surface area (Å²) >= 11 is 0. The van der Waals surface area contributed by atoms with Crippen LogP contribution in [0.25, 0.3) is 0 Å². The highest BCUT2D eigenvalue weighted by Crippen LogP contribution is 2.18. The quantitative estimate of drug-likeness (QED) is 0.727. The van der Waals surface area contributed by atoms with E-state index in [0.29, 0.717) is 0 Å². The van der Waals surface area contributed by atoms with Crippen LogP contribution in [-0.4, -0.2) is 18.7 Å². The van der Waals surface area contributed by atoms with E-state index in [-0.39, 0.29) is 6.04 Å². The normalized spacial score (nSPS) is 12.8. The Balaban J connectivity index is 2.51. The van der Waals surface area contributed by atoms with Crippen molar-refractivity contribution in [3.05, 3.63) is 29.6 Å². The number of hydrogen-bond donors (Lipinski definition) is 1. The van der Waals surface area contributed by atoms with E-state index in [1.165, 1.54) is 5.56 Å². The summed E-state index contributed by atoms with van der Waals surface area (Å²) in [5, 5.41) is 0. The maximum atomic E-state index is 6.05. The van der Waals surface area contributed by atoms with Gasteiger partial charge in [0.1, 0.15) is 0 Å². The van der Waals surface area contributed by atoms with Gasteiger partial charge in [0.05, 0.1) is 0 Å². The maximum absolute atomic E-state index is 6.05. The van der Waals surface area contributed by atoms with Crippen LogP contribution in [0.3, 0.4) is 0 Å². The molecule has 0 aliphatic rings. The van der Waals surface area contributed by atoms with E-state index in [1.807, 2.05) is 19.2 Å². The highest BCUT2D eigenvalue weighted by molar-refractivity contribution is 5.24. The summed E-state index contributed by atoms with van der Waals surface area (Å²) in [4.78, 5) is 4.04. The standard InChI is InChI=1S/C11H18N2O/c1-9-8-13-6-5-10(9)11(12)4-3-7-14-2/h5-6,8,11H,3-4,7,12H2,1-2H3. The predicted octanol–water partition coefficient (Wildman–Crippen LogP) is 1.82. The first kappa shape index (κ1) is 11.1. The summed E-state index contributed by atoms with van der Waals surface area (Å²) in [7, 11) is 1.71. The third-order valence-electron chi connectivity index (χ3n) is 2.33. The number of ether oxygens (including phenoxy) is 1. The lowest BCUT2D eigenvalue weighted by Crippen LogP contribution is -2.12. The van der Waals surface area contributed by atoms with Crippen molar-refractivity contribution in [1.29, 1.82) is 0 Å². The Morgan fingerprint density at radius 2 is 2.36 bits per heavy atom. The molecule has 0 aliphatic carbocycles. The van der Waals surface area contributed by atoms with Gasteiger partial charge in [0.2, 0.25) is 0 Å². The van der Waals surface area contributed by atoms with E-state index in [0.717, 1.165) is 25.0 Å². The summed E-state index contributed by atoms with van der Waals surface area (Å²) in [5.41, 5.74) is 8.41. The zero-order valence-electron chi connectivity index (χ0n) is 8.86. The Labute approximate surface area is 85.3 Å². The molecule has 78 valence electrons. The van der Waals surface area contributed by atoms with E-state index >= 15 is 0 Å². The minimum absolute atomic E-state index is 0.105. The molecule has 0 aliphatic heterocycles. The number of aromatic nitrogens is 1. The zero-order chi connectivity index (χ0) is 10.4. The van der Waals surface area contributed by atoms with E-state index < -0.39 is 0 Å². The van der Waals surface area contributed by atoms with E-state index in [9.17, 15) is 0 Å². The lowest BCUT2D eigenvalue weighted by atomic mass is 10.0. The van der Waals surface area contributed by atoms with Gasteiger partial charge in [-0.25, -0.2) is 0 Å². The fourth-order valence-electron chi connectivity index (χ4n) is 1.50. The van der Waals surface area contributed by atoms with E-state index in [4.69, 9.17) is 10.5 Å². The van der Waals surface area contributed by atoms with Crippen LogP contribution in [0.5, 0.6) is 0 Å². The van der Waals surface area contributed by atoms with Crippen molar-refractivity contribution in [2.24, 2.45) is 5.73 Å². The topological polar surface area (TPSA) is 48.1 Å². The molecule has 0 spiro atoms. The molecule has 0 amide bonds. The molecule has 0 fully saturated rings. The monoisotopic (exact) mass is 194 g/mol. The molecule has 1 rings (SSSR count). The second-order valence-electron chi connectivity index (χ2n) is 3.47. The molecular weight excluding hydrogens is 176 g/mol. The number of nitrogens with two attached hydrogens (primary N) is 1. The van der Waals surface area contributed by atoms with Crippen molar-refractivity contribution in [3.8, 4) is 0 Å². The molecule has 0 aromatic carbocycles. The molecule has 1 unspecified atom stereocenters. The Morgan fingerprint density at radius 1 is 1.57 bits per heavy atom. The van der Waals surface area contributed by atoms with Crippen LogP contribution in [0.2, 0.25) is 0 Å². The minimum atomic E-state index is 0.105. The Kier molecular flexibility index (Phi) is 4.56. The van der Waals surface area contributed by atoms with Gasteiger partial charge in [-0.2, -0.15) is 0 Å². The van der Waals surface area contributed by atoms with Gasteiger partial charge in [-0.15, -0.1) is 0 Å². The average molecular weight is 194 g/mol. The first-order valence-electron chi connectivity index (χ1n) is 4.90. The van der Waals surface area contributed by atoms with Crippen LogP contribution < -0.4 is 5.73 Å². The molecular formula is C11H18N2O. The average Bonchev–Trinajstić information content (AvgIpc) is 2.18. The summed E-state index contributed by atoms with van der Waals surface area (Å²) in [6.45, 7) is 2.82. The summed E-state index contributed by atoms with van der Waals surface area (Å²) < 4.78 is 4.99. The van der Waals surface area contributed by atoms with Gasteiger partial charge < -0.3 is 10.5 Å². The van der Waals surface area contributed by atoms with Crippen molar-refractivity contribution in [2.45, 2.75) is 25.8 Å². The summed E-state index contributed by atoms with van der Waals surface area (Å²) in [6.07, 6.45) is 5.60. The zero-order valence-corrected chi connectivity index (χ0v) is 8.86. The molecule has 1 heterocycles. The lowest BCUT2D eigenvalue weighted by Gasteiger charge is -2.13. The van der Waals surface area contributed by atoms with Crippen molar-refractivity contribution < 1.29 is 4.74 Å². The predicted molar refractivity (Wildman–Crippen MR) is 57.0 cm³/mol. The number of aryl methyl sites for hydroxylation is 1. The molecule has 0 radical (unpaired) electrons. The maximum Gasteiger partial charge on any atom is 0.0462 e. The van der Waals surface area contributed by atoms with Crippen LogP contribution in [0.4, 0.5) is 0 Å². The Morgan fingerprint density at radius 3 is 3.00 bits per heavy atom. The van der Waals surface area contributed by atoms with Crippen LogP contribution >= 0.6 is 0 Å². The number of methoxy groups -OCH3 is 1. The molecule has 3 heteroatoms. The van der Waals surface area contributed by atoms with Crippen molar-refractivity contribution in [3.63, 3.8) is 0 Å². The fourth-order valence-corrected chi connectivity index (χ4v) is 1.50. The smallest absolute Gasteiger partial charge is 0.0462 e. The third kappa shape index (κ3) is 3.09. The highest BCUT2D eigenvalue weighted by atomic mass is 16.5. The van der Waals surface area contributed by atoms with Crippen molar-refractivity contribution in [1.82, 2.24) is 4.98 Å². The van der Waals surface area contributed by atoms with Gasteiger partial charge in [-0.3, -0.25) is 4.98 Å². The first-order valence-corrected chi connectivity index (χ1v) is 4.90. The highest BCUT2D eigenvalue weighted by Gasteiger charge is 2.07. The van der Waals surface area contributed by atoms with Crippen LogP contribution in [0.15, 0.2) is 18.5 Å². The van der Waals surface area contributed by atoms with E-state index in [1.54, 1.807) is 13.3 Å². The van der Waals surface area contributed by atoms with Gasteiger partial charge in [0, 0.05) is 32.2 Å². The molecule has 2 N–H and O–H groups in total. The number of pyridine rings is 1. The number of hydrogen-bond acceptors (Lipinski definition) is 3. The molecule has 0 saturated carbocycles. The second-order valence-corrected chi connectivity index (χ2v) is 3.47. The lowest BCUT2D eigenvalue weighted by molar-refractivity contribution is 0.190. The number of rotatable bonds is 5. The van der Waals surface area contributed by atoms with Crippen LogP contribution in [0.1, 0.15) is 30.0 Å². The first-order chi connectivity index (χ1) is 6.75. The number of nitrogens with zero attached hydrogens (tertiary/aromatic N) is 1. The summed E-state index contributed by atoms with van der Waals surface area (Å²) in [5.74, 6) is 0. The van der Waals surface area contributed by atoms with Gasteiger partial charge >= 0.3 is 0 Å². The largest absolute Gasteiger partial charge is 0.385 e. The molecule has 14 heavy (non-hydrogen) atoms. The van der Waals surface area contributed by atoms with Gasteiger partial charge in [-0.1, -0.05) is 0 Å². The molecule has 3 nitrogen and oxygen atoms in total.